The number of aromatic nitrogens is 2. The van der Waals surface area contributed by atoms with Gasteiger partial charge in [-0.3, -0.25) is 4.57 Å². The third-order valence-electron chi connectivity index (χ3n) is 1.61. The van der Waals surface area contributed by atoms with E-state index in [1.165, 1.54) is 6.20 Å². The lowest BCUT2D eigenvalue weighted by Crippen LogP contribution is -2.13. The van der Waals surface area contributed by atoms with Crippen LogP contribution in [0, 0.1) is 0 Å². The first-order valence-corrected chi connectivity index (χ1v) is 4.25. The molecule has 0 aliphatic rings. The Labute approximate surface area is 75.8 Å². The Bertz CT molecular complexity index is 247. The Balaban J connectivity index is 2.40. The molecule has 0 radical (unpaired) electrons. The molecule has 0 spiro atoms. The number of nitrogens with zero attached hydrogens (tertiary/aromatic N) is 2. The average molecular weight is 189 g/mol. The summed E-state index contributed by atoms with van der Waals surface area (Å²) in [5, 5.41) is 3.08. The summed E-state index contributed by atoms with van der Waals surface area (Å²) in [6.45, 7) is 0.979. The third-order valence-corrected chi connectivity index (χ3v) is 1.61. The van der Waals surface area contributed by atoms with E-state index in [-0.39, 0.29) is 0 Å². The second-order valence-electron chi connectivity index (χ2n) is 2.77. The summed E-state index contributed by atoms with van der Waals surface area (Å²) < 4.78 is 24.9. The molecule has 0 bridgehead atoms. The summed E-state index contributed by atoms with van der Waals surface area (Å²) in [4.78, 5) is 3.83. The molecule has 0 fully saturated rings. The molecule has 1 N–H and O–H groups in total. The van der Waals surface area contributed by atoms with Crippen LogP contribution in [0.5, 0.6) is 0 Å². The molecule has 0 aliphatic heterocycles. The van der Waals surface area contributed by atoms with Crippen LogP contribution in [0.25, 0.3) is 0 Å². The van der Waals surface area contributed by atoms with Crippen molar-refractivity contribution >= 4 is 0 Å². The van der Waals surface area contributed by atoms with E-state index in [1.54, 1.807) is 0 Å². The van der Waals surface area contributed by atoms with E-state index in [0.29, 0.717) is 12.2 Å². The van der Waals surface area contributed by atoms with Crippen LogP contribution in [0.15, 0.2) is 12.5 Å². The number of nitrogens with one attached hydrogen (secondary N) is 1. The molecule has 3 nitrogen and oxygen atoms in total. The van der Waals surface area contributed by atoms with Crippen LogP contribution in [0.3, 0.4) is 0 Å². The van der Waals surface area contributed by atoms with E-state index in [1.807, 2.05) is 6.92 Å². The van der Waals surface area contributed by atoms with Crippen molar-refractivity contribution in [1.82, 2.24) is 14.9 Å². The lowest BCUT2D eigenvalue weighted by molar-refractivity contribution is 0.0700. The number of hydrogen-bond donors (Lipinski definition) is 1. The molecule has 0 saturated carbocycles. The maximum absolute atomic E-state index is 12.1. The van der Waals surface area contributed by atoms with Gasteiger partial charge in [-0.1, -0.05) is 6.92 Å². The Morgan fingerprint density at radius 2 is 2.38 bits per heavy atom. The molecule has 1 aromatic heterocycles. The second-order valence-corrected chi connectivity index (χ2v) is 2.77. The van der Waals surface area contributed by atoms with Crippen LogP contribution in [0.1, 0.15) is 25.6 Å². The van der Waals surface area contributed by atoms with Crippen molar-refractivity contribution in [1.29, 1.82) is 0 Å². The van der Waals surface area contributed by atoms with Crippen molar-refractivity contribution in [3.63, 3.8) is 0 Å². The molecule has 1 rings (SSSR count). The van der Waals surface area contributed by atoms with Crippen LogP contribution >= 0.6 is 0 Å². The zero-order valence-electron chi connectivity index (χ0n) is 7.50. The Morgan fingerprint density at radius 1 is 1.62 bits per heavy atom. The molecule has 5 heteroatoms. The number of rotatable bonds is 5. The van der Waals surface area contributed by atoms with Gasteiger partial charge >= 0.3 is 6.55 Å². The lowest BCUT2D eigenvalue weighted by atomic mass is 10.4. The Kier molecular flexibility index (Phi) is 3.82. The molecule has 1 heterocycles. The summed E-state index contributed by atoms with van der Waals surface area (Å²) in [6, 6.07) is 0. The predicted molar refractivity (Wildman–Crippen MR) is 45.5 cm³/mol. The molecular formula is C8H13F2N3. The monoisotopic (exact) mass is 189 g/mol. The summed E-state index contributed by atoms with van der Waals surface area (Å²) in [6.07, 6.45) is 3.52. The molecule has 0 unspecified atom stereocenters. The van der Waals surface area contributed by atoms with E-state index in [0.717, 1.165) is 23.9 Å². The van der Waals surface area contributed by atoms with Crippen molar-refractivity contribution in [3.8, 4) is 0 Å². The highest BCUT2D eigenvalue weighted by molar-refractivity contribution is 4.96. The molecule has 0 atom stereocenters. The fourth-order valence-corrected chi connectivity index (χ4v) is 0.971. The van der Waals surface area contributed by atoms with Crippen molar-refractivity contribution in [2.45, 2.75) is 26.4 Å². The highest BCUT2D eigenvalue weighted by Crippen LogP contribution is 2.09. The number of imidazole rings is 1. The first kappa shape index (κ1) is 10.1. The fourth-order valence-electron chi connectivity index (χ4n) is 0.971. The van der Waals surface area contributed by atoms with Crippen molar-refractivity contribution in [2.24, 2.45) is 0 Å². The third kappa shape index (κ3) is 3.10. The van der Waals surface area contributed by atoms with Gasteiger partial charge in [0.25, 0.3) is 0 Å². The van der Waals surface area contributed by atoms with Gasteiger partial charge in [0, 0.05) is 12.7 Å². The van der Waals surface area contributed by atoms with Crippen LogP contribution in [0.4, 0.5) is 8.78 Å². The van der Waals surface area contributed by atoms with Gasteiger partial charge in [0.15, 0.2) is 0 Å². The molecule has 0 aromatic carbocycles. The summed E-state index contributed by atoms with van der Waals surface area (Å²) in [7, 11) is 0. The van der Waals surface area contributed by atoms with Crippen molar-refractivity contribution < 1.29 is 8.78 Å². The van der Waals surface area contributed by atoms with Crippen LogP contribution < -0.4 is 5.32 Å². The topological polar surface area (TPSA) is 29.9 Å². The minimum atomic E-state index is -2.49. The molecule has 0 amide bonds. The highest BCUT2D eigenvalue weighted by Gasteiger charge is 2.05. The highest BCUT2D eigenvalue weighted by atomic mass is 19.3. The molecule has 74 valence electrons. The smallest absolute Gasteiger partial charge is 0.311 e. The largest absolute Gasteiger partial charge is 0.319 e. The molecule has 0 aliphatic carbocycles. The first-order chi connectivity index (χ1) is 6.24. The van der Waals surface area contributed by atoms with Gasteiger partial charge in [-0.05, 0) is 13.0 Å². The average Bonchev–Trinajstić information content (AvgIpc) is 2.53. The Hall–Kier alpha value is -0.970. The minimum absolute atomic E-state index is 0.549. The maximum Gasteiger partial charge on any atom is 0.319 e. The van der Waals surface area contributed by atoms with Crippen LogP contribution in [-0.4, -0.2) is 16.1 Å². The molecular weight excluding hydrogens is 176 g/mol. The van der Waals surface area contributed by atoms with Gasteiger partial charge in [-0.15, -0.1) is 0 Å². The second kappa shape index (κ2) is 4.91. The molecule has 13 heavy (non-hydrogen) atoms. The van der Waals surface area contributed by atoms with Gasteiger partial charge in [0.1, 0.15) is 0 Å². The zero-order chi connectivity index (χ0) is 9.68. The SMILES string of the molecule is CCCNCc1cn(C(F)F)cn1. The van der Waals surface area contributed by atoms with Gasteiger partial charge in [0.05, 0.1) is 12.0 Å². The zero-order valence-corrected chi connectivity index (χ0v) is 7.50. The van der Waals surface area contributed by atoms with Gasteiger partial charge in [-0.25, -0.2) is 4.98 Å². The quantitative estimate of drug-likeness (QED) is 0.715. The molecule has 0 saturated heterocycles. The van der Waals surface area contributed by atoms with Gasteiger partial charge in [0.2, 0.25) is 0 Å². The van der Waals surface area contributed by atoms with Gasteiger partial charge < -0.3 is 5.32 Å². The van der Waals surface area contributed by atoms with E-state index in [2.05, 4.69) is 10.3 Å². The standard InChI is InChI=1S/C8H13F2N3/c1-2-3-11-4-7-5-13(6-12-7)8(9)10/h5-6,8,11H,2-4H2,1H3. The fraction of sp³-hybridized carbons (Fsp3) is 0.625. The minimum Gasteiger partial charge on any atom is -0.311 e. The predicted octanol–water partition coefficient (Wildman–Crippen LogP) is 1.78. The number of alkyl halides is 2. The normalized spacial score (nSPS) is 11.1. The molecule has 1 aromatic rings. The number of halogens is 2. The van der Waals surface area contributed by atoms with Gasteiger partial charge in [-0.2, -0.15) is 8.78 Å². The van der Waals surface area contributed by atoms with E-state index in [9.17, 15) is 8.78 Å². The number of hydrogen-bond acceptors (Lipinski definition) is 2. The van der Waals surface area contributed by atoms with E-state index < -0.39 is 6.55 Å². The van der Waals surface area contributed by atoms with E-state index in [4.69, 9.17) is 0 Å². The first-order valence-electron chi connectivity index (χ1n) is 4.25. The van der Waals surface area contributed by atoms with Crippen LogP contribution in [0.2, 0.25) is 0 Å². The van der Waals surface area contributed by atoms with Crippen LogP contribution in [-0.2, 0) is 6.54 Å². The summed E-state index contributed by atoms with van der Waals surface area (Å²) in [5.74, 6) is 0. The van der Waals surface area contributed by atoms with Crippen molar-refractivity contribution in [3.05, 3.63) is 18.2 Å². The summed E-state index contributed by atoms with van der Waals surface area (Å²) >= 11 is 0. The van der Waals surface area contributed by atoms with Crippen molar-refractivity contribution in [2.75, 3.05) is 6.54 Å². The maximum atomic E-state index is 12.1. The lowest BCUT2D eigenvalue weighted by Gasteiger charge is -1.98. The Morgan fingerprint density at radius 3 is 2.92 bits per heavy atom. The van der Waals surface area contributed by atoms with E-state index >= 15 is 0 Å². The summed E-state index contributed by atoms with van der Waals surface area (Å²) in [5.41, 5.74) is 0.647.